The van der Waals surface area contributed by atoms with Gasteiger partial charge in [0.1, 0.15) is 0 Å². The number of benzene rings is 1. The fourth-order valence-electron chi connectivity index (χ4n) is 0.681. The molecule has 0 N–H and O–H groups in total. The van der Waals surface area contributed by atoms with Crippen molar-refractivity contribution in [1.29, 1.82) is 0 Å². The van der Waals surface area contributed by atoms with Crippen LogP contribution in [0.1, 0.15) is 0 Å². The topological polar surface area (TPSA) is 0 Å². The second-order valence-corrected chi connectivity index (χ2v) is 3.37. The van der Waals surface area contributed by atoms with Crippen molar-refractivity contribution in [1.82, 2.24) is 0 Å². The number of halogens is 4. The van der Waals surface area contributed by atoms with E-state index in [-0.39, 0.29) is 51.4 Å². The van der Waals surface area contributed by atoms with Crippen LogP contribution in [0, 0.1) is 3.57 Å². The van der Waals surface area contributed by atoms with Gasteiger partial charge in [0.15, 0.2) is 0 Å². The smallest absolute Gasteiger partial charge is 0.445 e. The summed E-state index contributed by atoms with van der Waals surface area (Å²) in [5, 5.41) is 0. The first kappa shape index (κ1) is 13.4. The van der Waals surface area contributed by atoms with Gasteiger partial charge in [-0.1, -0.05) is 24.3 Å². The molecule has 0 spiro atoms. The van der Waals surface area contributed by atoms with E-state index in [2.05, 4.69) is 0 Å². The third-order valence-electron chi connectivity index (χ3n) is 1.25. The van der Waals surface area contributed by atoms with E-state index < -0.39 is 12.4 Å². The molecule has 0 aliphatic carbocycles. The van der Waals surface area contributed by atoms with Gasteiger partial charge in [0.05, 0.1) is 0 Å². The maximum Gasteiger partial charge on any atom is 1.00 e. The Bertz CT molecular complexity index is 246. The molecule has 0 aliphatic heterocycles. The standard InChI is InChI=1S/C6H4BF3I.K/c8-7(9,10)5-1-3-6(11)4-2-5;/h1-4H;/q-1;+1. The molecule has 0 saturated carbocycles. The van der Waals surface area contributed by atoms with Gasteiger partial charge in [-0.3, -0.25) is 0 Å². The van der Waals surface area contributed by atoms with Crippen molar-refractivity contribution in [2.45, 2.75) is 0 Å². The zero-order chi connectivity index (χ0) is 8.48. The SMILES string of the molecule is F[B-](F)(F)c1ccc(I)cc1.[K+]. The maximum atomic E-state index is 12.0. The predicted molar refractivity (Wildman–Crippen MR) is 47.9 cm³/mol. The van der Waals surface area contributed by atoms with Gasteiger partial charge in [0.2, 0.25) is 0 Å². The van der Waals surface area contributed by atoms with E-state index in [0.29, 0.717) is 0 Å². The molecular weight excluding hydrogens is 306 g/mol. The summed E-state index contributed by atoms with van der Waals surface area (Å²) in [6.45, 7) is -4.82. The van der Waals surface area contributed by atoms with Crippen molar-refractivity contribution in [3.63, 3.8) is 0 Å². The van der Waals surface area contributed by atoms with Crippen LogP contribution in [0.4, 0.5) is 12.9 Å². The van der Waals surface area contributed by atoms with Gasteiger partial charge in [-0.2, -0.15) is 0 Å². The molecule has 0 fully saturated rings. The van der Waals surface area contributed by atoms with Crippen LogP contribution < -0.4 is 56.8 Å². The van der Waals surface area contributed by atoms with E-state index in [1.807, 2.05) is 22.6 Å². The monoisotopic (exact) mass is 310 g/mol. The van der Waals surface area contributed by atoms with Crippen molar-refractivity contribution in [3.05, 3.63) is 27.8 Å². The Hall–Kier alpha value is 1.44. The van der Waals surface area contributed by atoms with Crippen LogP contribution in [0.25, 0.3) is 0 Å². The van der Waals surface area contributed by atoms with E-state index in [0.717, 1.165) is 15.7 Å². The average molecular weight is 310 g/mol. The summed E-state index contributed by atoms with van der Waals surface area (Å²) in [7, 11) is 0. The van der Waals surface area contributed by atoms with Gasteiger partial charge in [0.25, 0.3) is 0 Å². The largest absolute Gasteiger partial charge is 1.00 e. The molecule has 0 unspecified atom stereocenters. The molecule has 0 amide bonds. The molecule has 0 radical (unpaired) electrons. The first-order valence-electron chi connectivity index (χ1n) is 2.95. The molecule has 0 aliphatic rings. The summed E-state index contributed by atoms with van der Waals surface area (Å²) in [5.74, 6) is 0. The van der Waals surface area contributed by atoms with Crippen LogP contribution in [-0.2, 0) is 0 Å². The third-order valence-corrected chi connectivity index (χ3v) is 1.97. The van der Waals surface area contributed by atoms with Crippen molar-refractivity contribution >= 4 is 35.0 Å². The molecule has 0 saturated heterocycles. The zero-order valence-electron chi connectivity index (χ0n) is 6.40. The van der Waals surface area contributed by atoms with Gasteiger partial charge in [-0.05, 0) is 22.6 Å². The van der Waals surface area contributed by atoms with Crippen LogP contribution in [-0.4, -0.2) is 6.98 Å². The van der Waals surface area contributed by atoms with E-state index >= 15 is 0 Å². The Kier molecular flexibility index (Phi) is 6.00. The second kappa shape index (κ2) is 5.35. The normalized spacial score (nSPS) is 10.7. The van der Waals surface area contributed by atoms with Crippen molar-refractivity contribution in [2.24, 2.45) is 0 Å². The minimum absolute atomic E-state index is 0. The Balaban J connectivity index is 0.00000121. The minimum Gasteiger partial charge on any atom is -0.445 e. The Morgan fingerprint density at radius 1 is 1.00 bits per heavy atom. The summed E-state index contributed by atoms with van der Waals surface area (Å²) >= 11 is 1.96. The van der Waals surface area contributed by atoms with Crippen molar-refractivity contribution < 1.29 is 64.3 Å². The molecule has 0 aromatic heterocycles. The van der Waals surface area contributed by atoms with Crippen LogP contribution >= 0.6 is 22.6 Å². The van der Waals surface area contributed by atoms with E-state index in [9.17, 15) is 12.9 Å². The molecule has 1 rings (SSSR count). The van der Waals surface area contributed by atoms with Gasteiger partial charge >= 0.3 is 58.4 Å². The molecule has 1 aromatic carbocycles. The van der Waals surface area contributed by atoms with Gasteiger partial charge < -0.3 is 12.9 Å². The summed E-state index contributed by atoms with van der Waals surface area (Å²) < 4.78 is 36.8. The summed E-state index contributed by atoms with van der Waals surface area (Å²) in [5.41, 5.74) is -0.537. The third kappa shape index (κ3) is 4.10. The quantitative estimate of drug-likeness (QED) is 0.478. The molecule has 60 valence electrons. The molecule has 0 nitrogen and oxygen atoms in total. The molecule has 0 atom stereocenters. The number of rotatable bonds is 1. The summed E-state index contributed by atoms with van der Waals surface area (Å²) in [6.07, 6.45) is 0. The van der Waals surface area contributed by atoms with Gasteiger partial charge in [-0.25, -0.2) is 0 Å². The fraction of sp³-hybridized carbons (Fsp3) is 0. The minimum atomic E-state index is -4.82. The van der Waals surface area contributed by atoms with Gasteiger partial charge in [-0.15, -0.1) is 5.46 Å². The average Bonchev–Trinajstić information content (AvgIpc) is 1.86. The molecular formula is C6H4BF3IK. The van der Waals surface area contributed by atoms with Crippen LogP contribution in [0.2, 0.25) is 0 Å². The van der Waals surface area contributed by atoms with Crippen LogP contribution in [0.15, 0.2) is 24.3 Å². The molecule has 12 heavy (non-hydrogen) atoms. The van der Waals surface area contributed by atoms with Crippen LogP contribution in [0.5, 0.6) is 0 Å². The van der Waals surface area contributed by atoms with E-state index in [4.69, 9.17) is 0 Å². The summed E-state index contributed by atoms with van der Waals surface area (Å²) in [6, 6.07) is 5.10. The molecule has 0 heterocycles. The second-order valence-electron chi connectivity index (χ2n) is 2.13. The zero-order valence-corrected chi connectivity index (χ0v) is 11.7. The predicted octanol–water partition coefficient (Wildman–Crippen LogP) is -0.650. The van der Waals surface area contributed by atoms with E-state index in [1.54, 1.807) is 0 Å². The first-order valence-corrected chi connectivity index (χ1v) is 4.03. The molecule has 1 aromatic rings. The Morgan fingerprint density at radius 3 is 1.75 bits per heavy atom. The first-order chi connectivity index (χ1) is 5.00. The molecule has 6 heteroatoms. The molecule has 0 bridgehead atoms. The van der Waals surface area contributed by atoms with E-state index in [1.165, 1.54) is 12.1 Å². The van der Waals surface area contributed by atoms with Crippen molar-refractivity contribution in [3.8, 4) is 0 Å². The Morgan fingerprint density at radius 2 is 1.42 bits per heavy atom. The van der Waals surface area contributed by atoms with Gasteiger partial charge in [0, 0.05) is 3.57 Å². The number of hydrogen-bond acceptors (Lipinski definition) is 0. The van der Waals surface area contributed by atoms with Crippen LogP contribution in [0.3, 0.4) is 0 Å². The Labute approximate surface area is 125 Å². The fourth-order valence-corrected chi connectivity index (χ4v) is 1.04. The van der Waals surface area contributed by atoms with Crippen molar-refractivity contribution in [2.75, 3.05) is 0 Å². The maximum absolute atomic E-state index is 12.0. The summed E-state index contributed by atoms with van der Waals surface area (Å²) in [4.78, 5) is 0. The number of hydrogen-bond donors (Lipinski definition) is 0.